The molecule has 19 heavy (non-hydrogen) atoms. The Morgan fingerprint density at radius 1 is 1.11 bits per heavy atom. The van der Waals surface area contributed by atoms with Crippen LogP contribution in [0.4, 0.5) is 0 Å². The van der Waals surface area contributed by atoms with Crippen LogP contribution < -0.4 is 4.74 Å². The molecule has 0 aliphatic rings. The van der Waals surface area contributed by atoms with Gasteiger partial charge < -0.3 is 9.84 Å². The Bertz CT molecular complexity index is 601. The third-order valence-corrected chi connectivity index (χ3v) is 2.61. The Balaban J connectivity index is 2.38. The van der Waals surface area contributed by atoms with Crippen molar-refractivity contribution in [1.82, 2.24) is 0 Å². The molecule has 2 aromatic carbocycles. The predicted molar refractivity (Wildman–Crippen MR) is 73.4 cm³/mol. The number of carbonyl (C=O) groups excluding carboxylic acids is 1. The van der Waals surface area contributed by atoms with E-state index in [4.69, 9.17) is 4.74 Å². The molecule has 96 valence electrons. The number of ketones is 1. The highest BCUT2D eigenvalue weighted by atomic mass is 16.5. The molecule has 0 saturated carbocycles. The number of ether oxygens (including phenoxy) is 1. The average Bonchev–Trinajstić information content (AvgIpc) is 2.46. The molecular formula is C16H14O3. The Kier molecular flexibility index (Phi) is 3.98. The van der Waals surface area contributed by atoms with E-state index in [1.807, 2.05) is 6.07 Å². The van der Waals surface area contributed by atoms with Crippen LogP contribution in [-0.4, -0.2) is 10.9 Å². The summed E-state index contributed by atoms with van der Waals surface area (Å²) in [4.78, 5) is 12.3. The summed E-state index contributed by atoms with van der Waals surface area (Å²) in [7, 11) is 0. The van der Waals surface area contributed by atoms with E-state index < -0.39 is 0 Å². The first kappa shape index (κ1) is 12.9. The van der Waals surface area contributed by atoms with E-state index in [0.29, 0.717) is 5.56 Å². The van der Waals surface area contributed by atoms with Crippen molar-refractivity contribution in [3.8, 4) is 11.5 Å². The second-order valence-electron chi connectivity index (χ2n) is 3.93. The minimum Gasteiger partial charge on any atom is -0.504 e. The summed E-state index contributed by atoms with van der Waals surface area (Å²) in [5, 5.41) is 10.1. The molecule has 1 N–H and O–H groups in total. The van der Waals surface area contributed by atoms with Crippen LogP contribution in [0, 0.1) is 0 Å². The smallest absolute Gasteiger partial charge is 0.196 e. The summed E-state index contributed by atoms with van der Waals surface area (Å²) >= 11 is 0. The molecule has 0 saturated heterocycles. The van der Waals surface area contributed by atoms with Crippen LogP contribution in [0.2, 0.25) is 0 Å². The minimum atomic E-state index is -0.232. The number of aromatic hydroxyl groups is 1. The number of phenolic OH excluding ortho intramolecular Hbond substituents is 1. The quantitative estimate of drug-likeness (QED) is 0.670. The summed E-state index contributed by atoms with van der Waals surface area (Å²) in [6.45, 7) is 1.80. The van der Waals surface area contributed by atoms with Crippen LogP contribution in [0.25, 0.3) is 0 Å². The maximum absolute atomic E-state index is 12.3. The average molecular weight is 254 g/mol. The van der Waals surface area contributed by atoms with Gasteiger partial charge in [-0.3, -0.25) is 4.79 Å². The molecule has 0 aliphatic carbocycles. The molecule has 3 heteroatoms. The number of benzene rings is 2. The van der Waals surface area contributed by atoms with E-state index in [9.17, 15) is 9.90 Å². The highest BCUT2D eigenvalue weighted by Crippen LogP contribution is 2.31. The fraction of sp³-hybridized carbons (Fsp3) is 0.0625. The number of carbonyl (C=O) groups is 1. The second-order valence-corrected chi connectivity index (χ2v) is 3.93. The largest absolute Gasteiger partial charge is 0.504 e. The van der Waals surface area contributed by atoms with E-state index in [2.05, 4.69) is 0 Å². The highest BCUT2D eigenvalue weighted by Gasteiger charge is 2.16. The Morgan fingerprint density at radius 3 is 2.53 bits per heavy atom. The van der Waals surface area contributed by atoms with E-state index in [1.165, 1.54) is 6.26 Å². The lowest BCUT2D eigenvalue weighted by atomic mass is 10.0. The Labute approximate surface area is 111 Å². The normalized spacial score (nSPS) is 10.6. The van der Waals surface area contributed by atoms with Gasteiger partial charge in [0.05, 0.1) is 11.8 Å². The van der Waals surface area contributed by atoms with Crippen LogP contribution in [0.1, 0.15) is 22.8 Å². The van der Waals surface area contributed by atoms with Crippen LogP contribution in [-0.2, 0) is 0 Å². The van der Waals surface area contributed by atoms with Gasteiger partial charge in [0.2, 0.25) is 0 Å². The molecule has 0 heterocycles. The molecule has 0 atom stereocenters. The van der Waals surface area contributed by atoms with Crippen LogP contribution >= 0.6 is 0 Å². The van der Waals surface area contributed by atoms with Crippen molar-refractivity contribution < 1.29 is 14.6 Å². The zero-order chi connectivity index (χ0) is 13.7. The molecule has 0 aliphatic heterocycles. The number of para-hydroxylation sites is 1. The molecule has 0 fully saturated rings. The van der Waals surface area contributed by atoms with Crippen LogP contribution in [0.3, 0.4) is 0 Å². The van der Waals surface area contributed by atoms with Gasteiger partial charge in [-0.25, -0.2) is 0 Å². The first-order valence-electron chi connectivity index (χ1n) is 5.93. The standard InChI is InChI=1S/C16H14O3/c1-2-11-19-14-10-6-9-13(16(14)18)15(17)12-7-4-3-5-8-12/h2-11,18H,1H3. The number of allylic oxidation sites excluding steroid dienone is 1. The summed E-state index contributed by atoms with van der Waals surface area (Å²) in [6.07, 6.45) is 3.15. The van der Waals surface area contributed by atoms with Crippen molar-refractivity contribution in [2.24, 2.45) is 0 Å². The monoisotopic (exact) mass is 254 g/mol. The molecule has 3 nitrogen and oxygen atoms in total. The fourth-order valence-electron chi connectivity index (χ4n) is 1.69. The minimum absolute atomic E-state index is 0.144. The maximum atomic E-state index is 12.3. The van der Waals surface area contributed by atoms with Gasteiger partial charge in [-0.05, 0) is 19.1 Å². The van der Waals surface area contributed by atoms with Gasteiger partial charge in [0.15, 0.2) is 17.3 Å². The van der Waals surface area contributed by atoms with Gasteiger partial charge in [-0.1, -0.05) is 42.5 Å². The molecule has 2 aromatic rings. The predicted octanol–water partition coefficient (Wildman–Crippen LogP) is 3.54. The van der Waals surface area contributed by atoms with Gasteiger partial charge in [0.25, 0.3) is 0 Å². The topological polar surface area (TPSA) is 46.5 Å². The third kappa shape index (κ3) is 2.83. The number of hydrogen-bond donors (Lipinski definition) is 1. The van der Waals surface area contributed by atoms with Crippen molar-refractivity contribution in [3.05, 3.63) is 72.0 Å². The molecule has 0 aromatic heterocycles. The number of phenols is 1. The molecule has 0 spiro atoms. The third-order valence-electron chi connectivity index (χ3n) is 2.61. The van der Waals surface area contributed by atoms with Crippen molar-refractivity contribution in [3.63, 3.8) is 0 Å². The van der Waals surface area contributed by atoms with Gasteiger partial charge in [-0.15, -0.1) is 0 Å². The zero-order valence-electron chi connectivity index (χ0n) is 10.5. The lowest BCUT2D eigenvalue weighted by molar-refractivity contribution is 0.103. The summed E-state index contributed by atoms with van der Waals surface area (Å²) in [5.41, 5.74) is 0.759. The fourth-order valence-corrected chi connectivity index (χ4v) is 1.69. The maximum Gasteiger partial charge on any atom is 0.196 e. The van der Waals surface area contributed by atoms with Crippen molar-refractivity contribution in [2.75, 3.05) is 0 Å². The van der Waals surface area contributed by atoms with E-state index in [1.54, 1.807) is 55.5 Å². The number of hydrogen-bond acceptors (Lipinski definition) is 3. The molecule has 2 rings (SSSR count). The SMILES string of the molecule is CC=COc1cccc(C(=O)c2ccccc2)c1O. The lowest BCUT2D eigenvalue weighted by Gasteiger charge is -2.08. The molecule has 0 unspecified atom stereocenters. The first-order valence-corrected chi connectivity index (χ1v) is 5.93. The Hall–Kier alpha value is -2.55. The van der Waals surface area contributed by atoms with Crippen LogP contribution in [0.15, 0.2) is 60.9 Å². The van der Waals surface area contributed by atoms with Gasteiger partial charge in [0, 0.05) is 5.56 Å². The van der Waals surface area contributed by atoms with Crippen LogP contribution in [0.5, 0.6) is 11.5 Å². The van der Waals surface area contributed by atoms with E-state index in [0.717, 1.165) is 0 Å². The van der Waals surface area contributed by atoms with Crippen molar-refractivity contribution in [1.29, 1.82) is 0 Å². The summed E-state index contributed by atoms with van der Waals surface area (Å²) in [5.74, 6) is -0.113. The Morgan fingerprint density at radius 2 is 1.84 bits per heavy atom. The van der Waals surface area contributed by atoms with Gasteiger partial charge >= 0.3 is 0 Å². The van der Waals surface area contributed by atoms with E-state index in [-0.39, 0.29) is 22.8 Å². The van der Waals surface area contributed by atoms with Gasteiger partial charge in [-0.2, -0.15) is 0 Å². The zero-order valence-corrected chi connectivity index (χ0v) is 10.5. The summed E-state index contributed by atoms with van der Waals surface area (Å²) in [6, 6.07) is 13.7. The molecular weight excluding hydrogens is 240 g/mol. The molecule has 0 amide bonds. The first-order chi connectivity index (χ1) is 9.24. The van der Waals surface area contributed by atoms with Crippen molar-refractivity contribution >= 4 is 5.78 Å². The van der Waals surface area contributed by atoms with Gasteiger partial charge in [0.1, 0.15) is 0 Å². The number of rotatable bonds is 4. The molecule has 0 radical (unpaired) electrons. The molecule has 0 bridgehead atoms. The summed E-state index contributed by atoms with van der Waals surface area (Å²) < 4.78 is 5.23. The van der Waals surface area contributed by atoms with Crippen molar-refractivity contribution in [2.45, 2.75) is 6.92 Å². The second kappa shape index (κ2) is 5.87. The lowest BCUT2D eigenvalue weighted by Crippen LogP contribution is -2.01. The van der Waals surface area contributed by atoms with E-state index >= 15 is 0 Å². The highest BCUT2D eigenvalue weighted by molar-refractivity contribution is 6.11.